The quantitative estimate of drug-likeness (QED) is 0.444. The van der Waals surface area contributed by atoms with Crippen LogP contribution in [-0.4, -0.2) is 53.3 Å². The van der Waals surface area contributed by atoms with Crippen molar-refractivity contribution in [3.05, 3.63) is 59.0 Å². The number of rotatable bonds is 9. The topological polar surface area (TPSA) is 87.8 Å². The lowest BCUT2D eigenvalue weighted by Gasteiger charge is -2.25. The van der Waals surface area contributed by atoms with Crippen molar-refractivity contribution in [2.75, 3.05) is 31.6 Å². The number of carboxylic acid groups (broad SMARTS) is 1. The third-order valence-electron chi connectivity index (χ3n) is 7.02. The number of unbranched alkanes of at least 4 members (excludes halogenated alkanes) is 1. The maximum absolute atomic E-state index is 12.3. The first-order valence-corrected chi connectivity index (χ1v) is 12.4. The molecule has 0 saturated carbocycles. The molecule has 2 N–H and O–H groups in total. The molecule has 0 bridgehead atoms. The molecule has 5 rings (SSSR count). The molecular weight excluding hydrogens is 430 g/mol. The van der Waals surface area contributed by atoms with E-state index < -0.39 is 12.0 Å². The molecule has 1 saturated heterocycles. The highest BCUT2D eigenvalue weighted by Crippen LogP contribution is 2.34. The Hall–Kier alpha value is -2.90. The van der Waals surface area contributed by atoms with Gasteiger partial charge in [0.05, 0.1) is 12.4 Å². The number of anilines is 1. The summed E-state index contributed by atoms with van der Waals surface area (Å²) >= 11 is 0. The van der Waals surface area contributed by atoms with Gasteiger partial charge in [-0.05, 0) is 74.3 Å². The van der Waals surface area contributed by atoms with Gasteiger partial charge in [0, 0.05) is 37.3 Å². The van der Waals surface area contributed by atoms with Crippen LogP contribution in [0.25, 0.3) is 11.0 Å². The number of ether oxygens (including phenoxy) is 1. The monoisotopic (exact) mass is 463 g/mol. The van der Waals surface area contributed by atoms with E-state index in [9.17, 15) is 9.90 Å². The summed E-state index contributed by atoms with van der Waals surface area (Å²) in [5, 5.41) is 14.4. The van der Waals surface area contributed by atoms with Crippen LogP contribution in [0.5, 0.6) is 0 Å². The average Bonchev–Trinajstić information content (AvgIpc) is 3.46. The zero-order valence-corrected chi connectivity index (χ0v) is 19.8. The molecule has 34 heavy (non-hydrogen) atoms. The molecule has 2 aliphatic heterocycles. The highest BCUT2D eigenvalue weighted by atomic mass is 16.5. The number of hydrogen-bond acceptors (Lipinski definition) is 6. The van der Waals surface area contributed by atoms with Crippen molar-refractivity contribution in [3.63, 3.8) is 0 Å². The fourth-order valence-electron chi connectivity index (χ4n) is 5.28. The summed E-state index contributed by atoms with van der Waals surface area (Å²) in [6.07, 6.45) is 7.85. The molecule has 0 radical (unpaired) electrons. The first kappa shape index (κ1) is 22.9. The Bertz CT molecular complexity index is 1160. The molecule has 2 atom stereocenters. The van der Waals surface area contributed by atoms with Crippen LogP contribution in [0.2, 0.25) is 0 Å². The molecule has 7 heteroatoms. The maximum Gasteiger partial charge on any atom is 0.325 e. The molecule has 3 aromatic rings. The van der Waals surface area contributed by atoms with Gasteiger partial charge in [-0.3, -0.25) is 9.69 Å². The van der Waals surface area contributed by atoms with Gasteiger partial charge in [-0.1, -0.05) is 18.2 Å². The lowest BCUT2D eigenvalue weighted by Crippen LogP contribution is -2.33. The number of benzene rings is 1. The van der Waals surface area contributed by atoms with Crippen molar-refractivity contribution in [3.8, 4) is 0 Å². The molecule has 2 aromatic heterocycles. The van der Waals surface area contributed by atoms with E-state index in [1.165, 1.54) is 12.0 Å². The van der Waals surface area contributed by atoms with Gasteiger partial charge in [0.25, 0.3) is 0 Å². The number of pyridine rings is 1. The summed E-state index contributed by atoms with van der Waals surface area (Å²) in [6.45, 7) is 4.99. The number of furan rings is 1. The van der Waals surface area contributed by atoms with Gasteiger partial charge in [0.15, 0.2) is 0 Å². The molecule has 0 spiro atoms. The molecule has 1 fully saturated rings. The minimum absolute atomic E-state index is 0.0672. The van der Waals surface area contributed by atoms with Crippen LogP contribution in [0.1, 0.15) is 54.1 Å². The number of carboxylic acids is 1. The molecule has 0 amide bonds. The standard InChI is InChI=1S/C27H33N3O4/c1-18-17-34-23-9-4-8-22(24(18)23)25(27(31)32)30-14-12-21(16-30)33-15-3-2-7-20-11-10-19-6-5-13-28-26(19)29-20/h4,8-11,17,21,25H,2-3,5-7,12-16H2,1H3,(H,28,29)(H,31,32)/t21-,25+/m1/s1. The second-order valence-electron chi connectivity index (χ2n) is 9.45. The van der Waals surface area contributed by atoms with Crippen molar-refractivity contribution in [2.45, 2.75) is 57.6 Å². The highest BCUT2D eigenvalue weighted by molar-refractivity contribution is 5.90. The molecule has 1 aromatic carbocycles. The number of hydrogen-bond donors (Lipinski definition) is 2. The summed E-state index contributed by atoms with van der Waals surface area (Å²) in [5.74, 6) is 0.223. The number of aliphatic carboxylic acids is 1. The summed E-state index contributed by atoms with van der Waals surface area (Å²) in [7, 11) is 0. The highest BCUT2D eigenvalue weighted by Gasteiger charge is 2.35. The van der Waals surface area contributed by atoms with Crippen LogP contribution in [-0.2, 0) is 22.4 Å². The number of carbonyl (C=O) groups is 1. The average molecular weight is 464 g/mol. The van der Waals surface area contributed by atoms with E-state index in [2.05, 4.69) is 17.4 Å². The lowest BCUT2D eigenvalue weighted by atomic mass is 9.99. The van der Waals surface area contributed by atoms with E-state index in [1.54, 1.807) is 6.26 Å². The van der Waals surface area contributed by atoms with E-state index in [1.807, 2.05) is 30.0 Å². The summed E-state index contributed by atoms with van der Waals surface area (Å²) in [5.41, 5.74) is 4.95. The second-order valence-corrected chi connectivity index (χ2v) is 9.45. The fraction of sp³-hybridized carbons (Fsp3) is 0.481. The normalized spacial score (nSPS) is 19.1. The lowest BCUT2D eigenvalue weighted by molar-refractivity contribution is -0.143. The predicted molar refractivity (Wildman–Crippen MR) is 131 cm³/mol. The number of likely N-dealkylation sites (tertiary alicyclic amines) is 1. The van der Waals surface area contributed by atoms with Crippen molar-refractivity contribution >= 4 is 22.8 Å². The molecule has 0 aliphatic carbocycles. The largest absolute Gasteiger partial charge is 0.480 e. The molecule has 7 nitrogen and oxygen atoms in total. The van der Waals surface area contributed by atoms with Gasteiger partial charge in [-0.2, -0.15) is 0 Å². The van der Waals surface area contributed by atoms with Crippen molar-refractivity contribution in [1.82, 2.24) is 9.88 Å². The van der Waals surface area contributed by atoms with Gasteiger partial charge >= 0.3 is 5.97 Å². The number of nitrogens with zero attached hydrogens (tertiary/aromatic N) is 2. The van der Waals surface area contributed by atoms with Crippen molar-refractivity contribution in [1.29, 1.82) is 0 Å². The van der Waals surface area contributed by atoms with Gasteiger partial charge in [-0.25, -0.2) is 4.98 Å². The van der Waals surface area contributed by atoms with E-state index in [0.29, 0.717) is 19.7 Å². The third-order valence-corrected chi connectivity index (χ3v) is 7.02. The Morgan fingerprint density at radius 1 is 1.32 bits per heavy atom. The predicted octanol–water partition coefficient (Wildman–Crippen LogP) is 4.73. The minimum atomic E-state index is -0.833. The number of fused-ring (bicyclic) bond motifs is 2. The van der Waals surface area contributed by atoms with E-state index in [0.717, 1.165) is 72.3 Å². The van der Waals surface area contributed by atoms with Crippen LogP contribution in [0.15, 0.2) is 41.0 Å². The smallest absolute Gasteiger partial charge is 0.325 e. The van der Waals surface area contributed by atoms with Gasteiger partial charge in [0.1, 0.15) is 17.4 Å². The Balaban J connectivity index is 1.12. The summed E-state index contributed by atoms with van der Waals surface area (Å²) in [4.78, 5) is 19.1. The van der Waals surface area contributed by atoms with Crippen molar-refractivity contribution < 1.29 is 19.1 Å². The molecule has 180 valence electrons. The SMILES string of the molecule is Cc1coc2cccc([C@@H](C(=O)O)N3CC[C@@H](OCCCCc4ccc5c(n4)NCCC5)C3)c12. The van der Waals surface area contributed by atoms with E-state index in [-0.39, 0.29) is 6.10 Å². The van der Waals surface area contributed by atoms with Gasteiger partial charge < -0.3 is 19.6 Å². The summed E-state index contributed by atoms with van der Waals surface area (Å²) < 4.78 is 11.7. The van der Waals surface area contributed by atoms with E-state index in [4.69, 9.17) is 14.1 Å². The number of aryl methyl sites for hydroxylation is 3. The molecule has 2 aliphatic rings. The van der Waals surface area contributed by atoms with Gasteiger partial charge in [0.2, 0.25) is 0 Å². The van der Waals surface area contributed by atoms with E-state index >= 15 is 0 Å². The number of aromatic nitrogens is 1. The Kier molecular flexibility index (Phi) is 6.83. The third kappa shape index (κ3) is 4.81. The van der Waals surface area contributed by atoms with Gasteiger partial charge in [-0.15, -0.1) is 0 Å². The Morgan fingerprint density at radius 2 is 2.24 bits per heavy atom. The summed E-state index contributed by atoms with van der Waals surface area (Å²) in [6, 6.07) is 9.32. The Morgan fingerprint density at radius 3 is 3.12 bits per heavy atom. The van der Waals surface area contributed by atoms with Crippen LogP contribution in [0.3, 0.4) is 0 Å². The van der Waals surface area contributed by atoms with Crippen molar-refractivity contribution in [2.24, 2.45) is 0 Å². The number of nitrogens with one attached hydrogen (secondary N) is 1. The first-order chi connectivity index (χ1) is 16.6. The van der Waals surface area contributed by atoms with Crippen LogP contribution in [0.4, 0.5) is 5.82 Å². The molecule has 0 unspecified atom stereocenters. The molecular formula is C27H33N3O4. The van der Waals surface area contributed by atoms with Crippen LogP contribution >= 0.6 is 0 Å². The van der Waals surface area contributed by atoms with Crippen LogP contribution in [0, 0.1) is 6.92 Å². The zero-order chi connectivity index (χ0) is 23.5. The first-order valence-electron chi connectivity index (χ1n) is 12.4. The second kappa shape index (κ2) is 10.2. The maximum atomic E-state index is 12.3. The molecule has 4 heterocycles. The minimum Gasteiger partial charge on any atom is -0.480 e. The van der Waals surface area contributed by atoms with Crippen LogP contribution < -0.4 is 5.32 Å². The zero-order valence-electron chi connectivity index (χ0n) is 19.8. The fourth-order valence-corrected chi connectivity index (χ4v) is 5.28. The Labute approximate surface area is 200 Å².